The second-order valence-corrected chi connectivity index (χ2v) is 5.39. The fourth-order valence-electron chi connectivity index (χ4n) is 2.40. The molecule has 2 rings (SSSR count). The van der Waals surface area contributed by atoms with Crippen LogP contribution in [0.15, 0.2) is 4.99 Å². The Labute approximate surface area is 132 Å². The van der Waals surface area contributed by atoms with Crippen molar-refractivity contribution in [3.05, 3.63) is 0 Å². The highest BCUT2D eigenvalue weighted by molar-refractivity contribution is 14.0. The van der Waals surface area contributed by atoms with Crippen molar-refractivity contribution in [3.8, 4) is 0 Å². The Kier molecular flexibility index (Phi) is 7.48. The van der Waals surface area contributed by atoms with E-state index < -0.39 is 0 Å². The number of nitrogens with two attached hydrogens (primary N) is 1. The highest BCUT2D eigenvalue weighted by Gasteiger charge is 2.21. The molecule has 4 N–H and O–H groups in total. The van der Waals surface area contributed by atoms with Crippen molar-refractivity contribution in [1.29, 1.82) is 0 Å². The summed E-state index contributed by atoms with van der Waals surface area (Å²) in [6.07, 6.45) is 8.05. The quantitative estimate of drug-likeness (QED) is 0.282. The molecule has 19 heavy (non-hydrogen) atoms. The van der Waals surface area contributed by atoms with Crippen LogP contribution < -0.4 is 16.4 Å². The maximum absolute atomic E-state index is 11.6. The van der Waals surface area contributed by atoms with E-state index in [1.165, 1.54) is 38.5 Å². The molecule has 2 aliphatic rings. The van der Waals surface area contributed by atoms with Crippen molar-refractivity contribution >= 4 is 35.8 Å². The summed E-state index contributed by atoms with van der Waals surface area (Å²) in [5.41, 5.74) is 5.69. The number of hydrogen-bond donors (Lipinski definition) is 3. The Morgan fingerprint density at radius 2 is 1.89 bits per heavy atom. The number of nitrogens with zero attached hydrogens (tertiary/aromatic N) is 1. The van der Waals surface area contributed by atoms with Gasteiger partial charge >= 0.3 is 0 Å². The third-order valence-corrected chi connectivity index (χ3v) is 3.59. The van der Waals surface area contributed by atoms with Gasteiger partial charge in [0.2, 0.25) is 5.91 Å². The zero-order chi connectivity index (χ0) is 12.8. The Morgan fingerprint density at radius 1 is 1.21 bits per heavy atom. The first-order valence-electron chi connectivity index (χ1n) is 7.07. The molecule has 0 spiro atoms. The molecule has 0 saturated heterocycles. The third kappa shape index (κ3) is 6.98. The molecule has 0 aliphatic heterocycles. The first-order chi connectivity index (χ1) is 8.74. The number of guanidine groups is 1. The van der Waals surface area contributed by atoms with Crippen LogP contribution in [0.5, 0.6) is 0 Å². The first-order valence-corrected chi connectivity index (χ1v) is 7.07. The molecule has 0 heterocycles. The van der Waals surface area contributed by atoms with Gasteiger partial charge < -0.3 is 16.4 Å². The Bertz CT molecular complexity index is 312. The van der Waals surface area contributed by atoms with Gasteiger partial charge in [-0.2, -0.15) is 0 Å². The van der Waals surface area contributed by atoms with Gasteiger partial charge in [-0.05, 0) is 31.6 Å². The molecule has 2 aliphatic carbocycles. The van der Waals surface area contributed by atoms with Gasteiger partial charge in [-0.3, -0.25) is 9.79 Å². The summed E-state index contributed by atoms with van der Waals surface area (Å²) in [4.78, 5) is 15.8. The minimum Gasteiger partial charge on any atom is -0.370 e. The third-order valence-electron chi connectivity index (χ3n) is 3.59. The van der Waals surface area contributed by atoms with Crippen molar-refractivity contribution in [2.24, 2.45) is 16.6 Å². The molecule has 2 fully saturated rings. The number of hydrogen-bond acceptors (Lipinski definition) is 2. The Morgan fingerprint density at radius 3 is 2.53 bits per heavy atom. The summed E-state index contributed by atoms with van der Waals surface area (Å²) in [5.74, 6) is 1.27. The van der Waals surface area contributed by atoms with Crippen molar-refractivity contribution in [3.63, 3.8) is 0 Å². The van der Waals surface area contributed by atoms with Gasteiger partial charge in [-0.25, -0.2) is 0 Å². The monoisotopic (exact) mass is 380 g/mol. The lowest BCUT2D eigenvalue weighted by Gasteiger charge is -2.09. The minimum atomic E-state index is 0. The van der Waals surface area contributed by atoms with Crippen molar-refractivity contribution in [2.45, 2.75) is 51.0 Å². The maximum Gasteiger partial charge on any atom is 0.220 e. The van der Waals surface area contributed by atoms with E-state index in [1.807, 2.05) is 0 Å². The summed E-state index contributed by atoms with van der Waals surface area (Å²) in [6, 6.07) is 0.533. The van der Waals surface area contributed by atoms with Crippen LogP contribution >= 0.6 is 24.0 Å². The Balaban J connectivity index is 0.00000180. The fraction of sp³-hybridized carbons (Fsp3) is 0.846. The van der Waals surface area contributed by atoms with E-state index >= 15 is 0 Å². The van der Waals surface area contributed by atoms with E-state index in [2.05, 4.69) is 15.6 Å². The van der Waals surface area contributed by atoms with E-state index in [1.54, 1.807) is 0 Å². The molecule has 0 aromatic heterocycles. The summed E-state index contributed by atoms with van der Waals surface area (Å²) in [7, 11) is 0. The second-order valence-electron chi connectivity index (χ2n) is 5.39. The smallest absolute Gasteiger partial charge is 0.220 e. The van der Waals surface area contributed by atoms with E-state index in [4.69, 9.17) is 5.73 Å². The van der Waals surface area contributed by atoms with Crippen LogP contribution in [-0.4, -0.2) is 31.0 Å². The van der Waals surface area contributed by atoms with Crippen molar-refractivity contribution < 1.29 is 4.79 Å². The van der Waals surface area contributed by atoms with Crippen LogP contribution in [0.2, 0.25) is 0 Å². The predicted molar refractivity (Wildman–Crippen MR) is 87.6 cm³/mol. The second kappa shape index (κ2) is 8.60. The number of aliphatic imine (C=N–C) groups is 1. The lowest BCUT2D eigenvalue weighted by molar-refractivity contribution is -0.121. The zero-order valence-corrected chi connectivity index (χ0v) is 13.7. The SMILES string of the molecule is I.NC(=NCCNC(=O)CC1CCCC1)NC1CC1. The van der Waals surface area contributed by atoms with E-state index in [0.717, 1.165) is 0 Å². The van der Waals surface area contributed by atoms with E-state index in [9.17, 15) is 4.79 Å². The van der Waals surface area contributed by atoms with Crippen LogP contribution in [-0.2, 0) is 4.79 Å². The van der Waals surface area contributed by atoms with Gasteiger partial charge in [0.1, 0.15) is 0 Å². The average molecular weight is 380 g/mol. The molecule has 110 valence electrons. The molecule has 6 heteroatoms. The number of carbonyl (C=O) groups is 1. The fourth-order valence-corrected chi connectivity index (χ4v) is 2.40. The van der Waals surface area contributed by atoms with E-state index in [0.29, 0.717) is 37.4 Å². The van der Waals surface area contributed by atoms with Gasteiger partial charge in [0.15, 0.2) is 5.96 Å². The topological polar surface area (TPSA) is 79.5 Å². The Hall–Kier alpha value is -0.530. The van der Waals surface area contributed by atoms with Gasteiger partial charge in [-0.15, -0.1) is 24.0 Å². The number of nitrogens with one attached hydrogen (secondary N) is 2. The van der Waals surface area contributed by atoms with Crippen molar-refractivity contribution in [2.75, 3.05) is 13.1 Å². The van der Waals surface area contributed by atoms with Gasteiger partial charge in [0, 0.05) is 19.0 Å². The van der Waals surface area contributed by atoms with Crippen LogP contribution in [0, 0.1) is 5.92 Å². The lowest BCUT2D eigenvalue weighted by Crippen LogP contribution is -2.34. The molecule has 0 aromatic carbocycles. The standard InChI is InChI=1S/C13H24N4O.HI/c14-13(17-11-5-6-11)16-8-7-15-12(18)9-10-3-1-2-4-10;/h10-11H,1-9H2,(H,15,18)(H3,14,16,17);1H. The van der Waals surface area contributed by atoms with Crippen LogP contribution in [0.25, 0.3) is 0 Å². The molecule has 0 unspecified atom stereocenters. The summed E-state index contributed by atoms with van der Waals surface area (Å²) >= 11 is 0. The summed E-state index contributed by atoms with van der Waals surface area (Å²) in [6.45, 7) is 1.14. The summed E-state index contributed by atoms with van der Waals surface area (Å²) < 4.78 is 0. The minimum absolute atomic E-state index is 0. The largest absolute Gasteiger partial charge is 0.370 e. The van der Waals surface area contributed by atoms with Crippen LogP contribution in [0.4, 0.5) is 0 Å². The molecule has 0 aromatic rings. The van der Waals surface area contributed by atoms with Gasteiger partial charge in [0.25, 0.3) is 0 Å². The highest BCUT2D eigenvalue weighted by atomic mass is 127. The van der Waals surface area contributed by atoms with Gasteiger partial charge in [-0.1, -0.05) is 12.8 Å². The van der Waals surface area contributed by atoms with Crippen molar-refractivity contribution in [1.82, 2.24) is 10.6 Å². The van der Waals surface area contributed by atoms with Crippen LogP contribution in [0.1, 0.15) is 44.9 Å². The average Bonchev–Trinajstić information content (AvgIpc) is 2.99. The predicted octanol–water partition coefficient (Wildman–Crippen LogP) is 1.37. The lowest BCUT2D eigenvalue weighted by atomic mass is 10.0. The van der Waals surface area contributed by atoms with Gasteiger partial charge in [0.05, 0.1) is 6.54 Å². The molecule has 5 nitrogen and oxygen atoms in total. The normalized spacial score (nSPS) is 19.9. The molecular formula is C13H25IN4O. The number of amides is 1. The molecule has 2 saturated carbocycles. The molecule has 0 atom stereocenters. The molecular weight excluding hydrogens is 355 g/mol. The maximum atomic E-state index is 11.6. The first kappa shape index (κ1) is 16.5. The molecule has 1 amide bonds. The summed E-state index contributed by atoms with van der Waals surface area (Å²) in [5, 5.41) is 6.02. The number of carbonyl (C=O) groups excluding carboxylic acids is 1. The molecule has 0 bridgehead atoms. The van der Waals surface area contributed by atoms with E-state index in [-0.39, 0.29) is 29.9 Å². The highest BCUT2D eigenvalue weighted by Crippen LogP contribution is 2.27. The van der Waals surface area contributed by atoms with Crippen LogP contribution in [0.3, 0.4) is 0 Å². The number of rotatable bonds is 6. The zero-order valence-electron chi connectivity index (χ0n) is 11.4. The number of halogens is 1. The molecule has 0 radical (unpaired) electrons.